The van der Waals surface area contributed by atoms with Crippen LogP contribution in [0, 0.1) is 6.92 Å². The maximum atomic E-state index is 13.5. The first kappa shape index (κ1) is 19.5. The van der Waals surface area contributed by atoms with Gasteiger partial charge in [0.15, 0.2) is 11.5 Å². The molecule has 0 saturated heterocycles. The smallest absolute Gasteiger partial charge is 0.252 e. The van der Waals surface area contributed by atoms with Crippen LogP contribution in [0.2, 0.25) is 0 Å². The molecule has 0 unspecified atom stereocenters. The first-order valence-corrected chi connectivity index (χ1v) is 10.3. The van der Waals surface area contributed by atoms with E-state index in [1.54, 1.807) is 13.1 Å². The lowest BCUT2D eigenvalue weighted by Crippen LogP contribution is -2.44. The molecule has 0 bridgehead atoms. The molecule has 1 aliphatic rings. The minimum Gasteiger partial charge on any atom is -0.340 e. The zero-order valence-corrected chi connectivity index (χ0v) is 17.7. The van der Waals surface area contributed by atoms with Crippen molar-refractivity contribution in [2.24, 2.45) is 0 Å². The molecule has 0 spiro atoms. The molecule has 0 atom stereocenters. The van der Waals surface area contributed by atoms with E-state index in [0.717, 1.165) is 42.4 Å². The number of carbonyl (C=O) groups excluding carboxylic acids is 1. The molecule has 1 fully saturated rings. The summed E-state index contributed by atoms with van der Waals surface area (Å²) in [5, 5.41) is 12.6. The summed E-state index contributed by atoms with van der Waals surface area (Å²) >= 11 is 0. The number of carbonyl (C=O) groups is 1. The van der Waals surface area contributed by atoms with E-state index in [9.17, 15) is 4.79 Å². The predicted octanol–water partition coefficient (Wildman–Crippen LogP) is 4.03. The lowest BCUT2D eigenvalue weighted by atomic mass is 9.95. The minimum absolute atomic E-state index is 0.146. The maximum absolute atomic E-state index is 13.5. The Kier molecular flexibility index (Phi) is 4.88. The molecule has 0 radical (unpaired) electrons. The van der Waals surface area contributed by atoms with Gasteiger partial charge in [0.05, 0.1) is 17.1 Å². The van der Waals surface area contributed by atoms with Gasteiger partial charge in [-0.25, -0.2) is 9.67 Å². The average Bonchev–Trinajstić information content (AvgIpc) is 3.40. The Morgan fingerprint density at radius 1 is 1.21 bits per heavy atom. The Labute approximate surface area is 170 Å². The van der Waals surface area contributed by atoms with Gasteiger partial charge in [-0.15, -0.1) is 0 Å². The van der Waals surface area contributed by atoms with Crippen molar-refractivity contribution in [1.82, 2.24) is 30.2 Å². The van der Waals surface area contributed by atoms with Crippen LogP contribution >= 0.6 is 0 Å². The average molecular weight is 396 g/mol. The van der Waals surface area contributed by atoms with E-state index in [1.165, 1.54) is 0 Å². The van der Waals surface area contributed by atoms with Crippen LogP contribution in [0.15, 0.2) is 16.8 Å². The number of aryl methyl sites for hydroxylation is 1. The minimum atomic E-state index is -0.587. The standard InChI is InChI=1S/C21H28N6O2/c1-12(2)17-10-15(16-11-22-27(13(3)4)18(16)24-17)19(28)25-21(8-6-7-9-21)20-23-14(5)29-26-20/h10-13H,6-9H2,1-5H3,(H,25,28). The van der Waals surface area contributed by atoms with Crippen LogP contribution in [-0.2, 0) is 5.54 Å². The number of hydrogen-bond donors (Lipinski definition) is 1. The number of rotatable bonds is 5. The monoisotopic (exact) mass is 396 g/mol. The second-order valence-electron chi connectivity index (χ2n) is 8.55. The summed E-state index contributed by atoms with van der Waals surface area (Å²) in [5.41, 5.74) is 1.63. The third-order valence-electron chi connectivity index (χ3n) is 5.68. The highest BCUT2D eigenvalue weighted by atomic mass is 16.5. The molecule has 8 heteroatoms. The van der Waals surface area contributed by atoms with Gasteiger partial charge in [-0.2, -0.15) is 10.1 Å². The predicted molar refractivity (Wildman–Crippen MR) is 109 cm³/mol. The van der Waals surface area contributed by atoms with Gasteiger partial charge in [0.25, 0.3) is 5.91 Å². The number of fused-ring (bicyclic) bond motifs is 1. The highest BCUT2D eigenvalue weighted by Crippen LogP contribution is 2.38. The van der Waals surface area contributed by atoms with Gasteiger partial charge < -0.3 is 9.84 Å². The van der Waals surface area contributed by atoms with Crippen molar-refractivity contribution in [2.45, 2.75) is 77.8 Å². The third-order valence-corrected chi connectivity index (χ3v) is 5.68. The van der Waals surface area contributed by atoms with Crippen LogP contribution in [-0.4, -0.2) is 30.8 Å². The summed E-state index contributed by atoms with van der Waals surface area (Å²) < 4.78 is 7.07. The van der Waals surface area contributed by atoms with E-state index in [4.69, 9.17) is 9.51 Å². The number of nitrogens with zero attached hydrogens (tertiary/aromatic N) is 5. The first-order valence-electron chi connectivity index (χ1n) is 10.3. The fraction of sp³-hybridized carbons (Fsp3) is 0.571. The number of amides is 1. The van der Waals surface area contributed by atoms with Crippen molar-refractivity contribution in [3.63, 3.8) is 0 Å². The number of hydrogen-bond acceptors (Lipinski definition) is 6. The molecule has 0 aliphatic heterocycles. The largest absolute Gasteiger partial charge is 0.340 e. The Hall–Kier alpha value is -2.77. The molecule has 1 saturated carbocycles. The molecule has 1 amide bonds. The summed E-state index contributed by atoms with van der Waals surface area (Å²) in [6.07, 6.45) is 5.37. The van der Waals surface area contributed by atoms with Crippen LogP contribution in [0.4, 0.5) is 0 Å². The van der Waals surface area contributed by atoms with Crippen LogP contribution < -0.4 is 5.32 Å². The second-order valence-corrected chi connectivity index (χ2v) is 8.55. The Morgan fingerprint density at radius 2 is 1.93 bits per heavy atom. The van der Waals surface area contributed by atoms with E-state index in [0.29, 0.717) is 17.3 Å². The lowest BCUT2D eigenvalue weighted by molar-refractivity contribution is 0.0893. The van der Waals surface area contributed by atoms with E-state index in [-0.39, 0.29) is 17.9 Å². The molecule has 8 nitrogen and oxygen atoms in total. The number of pyridine rings is 1. The SMILES string of the molecule is Cc1nc(C2(NC(=O)c3cc(C(C)C)nc4c3cnn4C(C)C)CCCC2)no1. The fourth-order valence-electron chi connectivity index (χ4n) is 4.06. The van der Waals surface area contributed by atoms with Crippen molar-refractivity contribution in [1.29, 1.82) is 0 Å². The van der Waals surface area contributed by atoms with Crippen molar-refractivity contribution in [2.75, 3.05) is 0 Å². The van der Waals surface area contributed by atoms with Gasteiger partial charge in [-0.1, -0.05) is 31.8 Å². The molecule has 29 heavy (non-hydrogen) atoms. The van der Waals surface area contributed by atoms with Crippen molar-refractivity contribution in [3.05, 3.63) is 35.2 Å². The summed E-state index contributed by atoms with van der Waals surface area (Å²) in [5.74, 6) is 1.12. The molecule has 3 aromatic rings. The lowest BCUT2D eigenvalue weighted by Gasteiger charge is -2.27. The van der Waals surface area contributed by atoms with E-state index >= 15 is 0 Å². The van der Waals surface area contributed by atoms with Crippen molar-refractivity contribution >= 4 is 16.9 Å². The van der Waals surface area contributed by atoms with E-state index < -0.39 is 5.54 Å². The number of nitrogens with one attached hydrogen (secondary N) is 1. The third kappa shape index (κ3) is 3.41. The molecule has 3 aromatic heterocycles. The van der Waals surface area contributed by atoms with E-state index in [1.807, 2.05) is 10.7 Å². The van der Waals surface area contributed by atoms with Crippen LogP contribution in [0.3, 0.4) is 0 Å². The topological polar surface area (TPSA) is 98.7 Å². The Bertz CT molecular complexity index is 1040. The van der Waals surface area contributed by atoms with Crippen molar-refractivity contribution < 1.29 is 9.32 Å². The van der Waals surface area contributed by atoms with Gasteiger partial charge in [0.1, 0.15) is 5.54 Å². The summed E-state index contributed by atoms with van der Waals surface area (Å²) in [6.45, 7) is 10.0. The molecule has 0 aromatic carbocycles. The molecule has 1 aliphatic carbocycles. The molecule has 1 N–H and O–H groups in total. The van der Waals surface area contributed by atoms with Gasteiger partial charge >= 0.3 is 0 Å². The second kappa shape index (κ2) is 7.24. The Morgan fingerprint density at radius 3 is 2.52 bits per heavy atom. The van der Waals surface area contributed by atoms with Gasteiger partial charge in [-0.05, 0) is 38.7 Å². The van der Waals surface area contributed by atoms with Crippen LogP contribution in [0.5, 0.6) is 0 Å². The van der Waals surface area contributed by atoms with Crippen LogP contribution in [0.25, 0.3) is 11.0 Å². The highest BCUT2D eigenvalue weighted by Gasteiger charge is 2.41. The van der Waals surface area contributed by atoms with Crippen LogP contribution in [0.1, 0.15) is 93.1 Å². The normalized spacial score (nSPS) is 16.2. The molecular formula is C21H28N6O2. The molecule has 3 heterocycles. The highest BCUT2D eigenvalue weighted by molar-refractivity contribution is 6.05. The van der Waals surface area contributed by atoms with Gasteiger partial charge in [0.2, 0.25) is 5.89 Å². The molecule has 154 valence electrons. The zero-order chi connectivity index (χ0) is 20.8. The molecule has 4 rings (SSSR count). The molecular weight excluding hydrogens is 368 g/mol. The van der Waals surface area contributed by atoms with Gasteiger partial charge in [0, 0.05) is 18.7 Å². The Balaban J connectivity index is 1.78. The van der Waals surface area contributed by atoms with Crippen molar-refractivity contribution in [3.8, 4) is 0 Å². The first-order chi connectivity index (χ1) is 13.8. The van der Waals surface area contributed by atoms with Gasteiger partial charge in [-0.3, -0.25) is 4.79 Å². The maximum Gasteiger partial charge on any atom is 0.252 e. The van der Waals surface area contributed by atoms with E-state index in [2.05, 4.69) is 48.3 Å². The summed E-state index contributed by atoms with van der Waals surface area (Å²) in [7, 11) is 0. The summed E-state index contributed by atoms with van der Waals surface area (Å²) in [4.78, 5) is 22.7. The fourth-order valence-corrected chi connectivity index (χ4v) is 4.06. The quantitative estimate of drug-likeness (QED) is 0.699. The number of aromatic nitrogens is 5. The zero-order valence-electron chi connectivity index (χ0n) is 17.7. The summed E-state index contributed by atoms with van der Waals surface area (Å²) in [6, 6.07) is 2.04.